The Hall–Kier alpha value is -3.22. The number of aryl methyl sites for hydroxylation is 1. The van der Waals surface area contributed by atoms with E-state index in [9.17, 15) is 18.0 Å². The van der Waals surface area contributed by atoms with E-state index in [1.807, 2.05) is 6.07 Å². The van der Waals surface area contributed by atoms with Gasteiger partial charge >= 0.3 is 6.18 Å². The van der Waals surface area contributed by atoms with Crippen molar-refractivity contribution in [3.63, 3.8) is 0 Å². The van der Waals surface area contributed by atoms with Crippen LogP contribution in [0.5, 0.6) is 0 Å². The zero-order valence-corrected chi connectivity index (χ0v) is 13.7. The summed E-state index contributed by atoms with van der Waals surface area (Å²) in [4.78, 5) is 20.8. The van der Waals surface area contributed by atoms with Gasteiger partial charge in [-0.2, -0.15) is 13.2 Å². The maximum Gasteiger partial charge on any atom is 0.409 e. The quantitative estimate of drug-likeness (QED) is 0.735. The van der Waals surface area contributed by atoms with Crippen LogP contribution in [0.15, 0.2) is 54.9 Å². The molecule has 132 valence electrons. The normalized spacial score (nSPS) is 11.8. The first-order valence-electron chi connectivity index (χ1n) is 7.70. The van der Waals surface area contributed by atoms with Crippen molar-refractivity contribution in [3.8, 4) is 0 Å². The number of fused-ring (bicyclic) bond motifs is 1. The zero-order chi connectivity index (χ0) is 18.7. The van der Waals surface area contributed by atoms with Gasteiger partial charge in [0.05, 0.1) is 22.9 Å². The molecule has 2 aromatic heterocycles. The number of pyridine rings is 2. The van der Waals surface area contributed by atoms with Crippen molar-refractivity contribution in [3.05, 3.63) is 71.6 Å². The molecule has 0 aliphatic carbocycles. The number of amides is 1. The molecule has 0 aliphatic heterocycles. The van der Waals surface area contributed by atoms with E-state index in [2.05, 4.69) is 15.3 Å². The van der Waals surface area contributed by atoms with E-state index in [4.69, 9.17) is 0 Å². The predicted molar refractivity (Wildman–Crippen MR) is 93.8 cm³/mol. The molecule has 0 bridgehead atoms. The van der Waals surface area contributed by atoms with Crippen molar-refractivity contribution in [1.82, 2.24) is 9.97 Å². The Morgan fingerprint density at radius 3 is 2.65 bits per heavy atom. The maximum atomic E-state index is 12.4. The fraction of sp³-hybridized carbons (Fsp3) is 0.105. The molecular formula is C19H14F3N3O. The summed E-state index contributed by atoms with van der Waals surface area (Å²) in [7, 11) is 0. The Labute approximate surface area is 147 Å². The molecule has 0 radical (unpaired) electrons. The minimum Gasteiger partial charge on any atom is -0.321 e. The van der Waals surface area contributed by atoms with Crippen LogP contribution in [0.4, 0.5) is 18.9 Å². The molecule has 1 aromatic carbocycles. The molecular weight excluding hydrogens is 343 g/mol. The third-order valence-corrected chi connectivity index (χ3v) is 3.67. The number of rotatable bonds is 3. The van der Waals surface area contributed by atoms with Gasteiger partial charge in [0.15, 0.2) is 0 Å². The molecule has 0 saturated heterocycles. The summed E-state index contributed by atoms with van der Waals surface area (Å²) in [6.45, 7) is 1.67. The number of halogens is 3. The number of nitrogens with one attached hydrogen (secondary N) is 1. The highest BCUT2D eigenvalue weighted by atomic mass is 19.4. The van der Waals surface area contributed by atoms with E-state index < -0.39 is 6.18 Å². The van der Waals surface area contributed by atoms with Gasteiger partial charge in [-0.05, 0) is 42.3 Å². The molecule has 4 nitrogen and oxygen atoms in total. The smallest absolute Gasteiger partial charge is 0.321 e. The topological polar surface area (TPSA) is 54.9 Å². The van der Waals surface area contributed by atoms with Crippen LogP contribution in [0.1, 0.15) is 21.5 Å². The number of alkyl halides is 3. The first-order valence-corrected chi connectivity index (χ1v) is 7.70. The van der Waals surface area contributed by atoms with Crippen LogP contribution in [-0.2, 0) is 0 Å². The summed E-state index contributed by atoms with van der Waals surface area (Å²) in [5.74, 6) is -0.370. The fourth-order valence-electron chi connectivity index (χ4n) is 2.46. The van der Waals surface area contributed by atoms with Gasteiger partial charge in [0.2, 0.25) is 0 Å². The van der Waals surface area contributed by atoms with Gasteiger partial charge in [-0.25, -0.2) is 0 Å². The number of hydrogen-bond donors (Lipinski definition) is 1. The fourth-order valence-corrected chi connectivity index (χ4v) is 2.46. The number of aromatic nitrogens is 2. The van der Waals surface area contributed by atoms with Crippen molar-refractivity contribution in [2.75, 3.05) is 5.32 Å². The van der Waals surface area contributed by atoms with Crippen LogP contribution in [-0.4, -0.2) is 22.1 Å². The van der Waals surface area contributed by atoms with Crippen LogP contribution >= 0.6 is 0 Å². The largest absolute Gasteiger partial charge is 0.409 e. The van der Waals surface area contributed by atoms with E-state index in [0.29, 0.717) is 33.4 Å². The standard InChI is InChI=1S/C19H14F3N3O/c1-12-9-13(6-7-19(20,21)22)4-5-15(12)18(26)25-14-10-17-16(24-11-14)3-2-8-23-17/h2-11H,1H3,(H,25,26). The summed E-state index contributed by atoms with van der Waals surface area (Å²) < 4.78 is 36.7. The highest BCUT2D eigenvalue weighted by molar-refractivity contribution is 6.05. The molecule has 0 spiro atoms. The van der Waals surface area contributed by atoms with Crippen LogP contribution < -0.4 is 5.32 Å². The first kappa shape index (κ1) is 17.6. The van der Waals surface area contributed by atoms with Crippen LogP contribution in [0, 0.1) is 6.92 Å². The lowest BCUT2D eigenvalue weighted by molar-refractivity contribution is -0.0790. The van der Waals surface area contributed by atoms with E-state index in [1.54, 1.807) is 25.3 Å². The number of nitrogens with zero attached hydrogens (tertiary/aromatic N) is 2. The lowest BCUT2D eigenvalue weighted by atomic mass is 10.0. The summed E-state index contributed by atoms with van der Waals surface area (Å²) in [5, 5.41) is 2.73. The Morgan fingerprint density at radius 1 is 1.12 bits per heavy atom. The minimum atomic E-state index is -4.37. The highest BCUT2D eigenvalue weighted by Crippen LogP contribution is 2.20. The molecule has 0 saturated carbocycles. The molecule has 3 rings (SSSR count). The van der Waals surface area contributed by atoms with Gasteiger partial charge in [-0.1, -0.05) is 18.2 Å². The Morgan fingerprint density at radius 2 is 1.92 bits per heavy atom. The van der Waals surface area contributed by atoms with Gasteiger partial charge < -0.3 is 5.32 Å². The Bertz CT molecular complexity index is 997. The molecule has 3 aromatic rings. The molecule has 1 N–H and O–H groups in total. The van der Waals surface area contributed by atoms with Crippen molar-refractivity contribution in [1.29, 1.82) is 0 Å². The Kier molecular flexibility index (Phi) is 4.71. The molecule has 2 heterocycles. The number of benzene rings is 1. The van der Waals surface area contributed by atoms with Crippen LogP contribution in [0.3, 0.4) is 0 Å². The lowest BCUT2D eigenvalue weighted by Crippen LogP contribution is -2.13. The van der Waals surface area contributed by atoms with E-state index >= 15 is 0 Å². The Balaban J connectivity index is 1.79. The highest BCUT2D eigenvalue weighted by Gasteiger charge is 2.21. The summed E-state index contributed by atoms with van der Waals surface area (Å²) in [6, 6.07) is 9.77. The third kappa shape index (κ3) is 4.24. The number of allylic oxidation sites excluding steroid dienone is 1. The monoisotopic (exact) mass is 357 g/mol. The van der Waals surface area contributed by atoms with Crippen LogP contribution in [0.2, 0.25) is 0 Å². The van der Waals surface area contributed by atoms with Gasteiger partial charge in [0.1, 0.15) is 0 Å². The second-order valence-electron chi connectivity index (χ2n) is 5.67. The molecule has 26 heavy (non-hydrogen) atoms. The zero-order valence-electron chi connectivity index (χ0n) is 13.7. The number of anilines is 1. The van der Waals surface area contributed by atoms with Crippen LogP contribution in [0.25, 0.3) is 17.1 Å². The summed E-state index contributed by atoms with van der Waals surface area (Å²) >= 11 is 0. The molecule has 0 fully saturated rings. The minimum absolute atomic E-state index is 0.162. The molecule has 0 atom stereocenters. The molecule has 7 heteroatoms. The van der Waals surface area contributed by atoms with E-state index in [0.717, 1.165) is 6.08 Å². The van der Waals surface area contributed by atoms with Gasteiger partial charge in [0.25, 0.3) is 5.91 Å². The third-order valence-electron chi connectivity index (χ3n) is 3.67. The molecule has 0 unspecified atom stereocenters. The van der Waals surface area contributed by atoms with Crippen molar-refractivity contribution >= 4 is 28.7 Å². The summed E-state index contributed by atoms with van der Waals surface area (Å²) in [6.07, 6.45) is -0.0887. The molecule has 0 aliphatic rings. The van der Waals surface area contributed by atoms with Gasteiger partial charge in [-0.15, -0.1) is 0 Å². The maximum absolute atomic E-state index is 12.4. The van der Waals surface area contributed by atoms with E-state index in [1.165, 1.54) is 24.4 Å². The van der Waals surface area contributed by atoms with E-state index in [-0.39, 0.29) is 12.0 Å². The van der Waals surface area contributed by atoms with Crippen molar-refractivity contribution in [2.24, 2.45) is 0 Å². The lowest BCUT2D eigenvalue weighted by Gasteiger charge is -2.09. The second-order valence-corrected chi connectivity index (χ2v) is 5.67. The first-order chi connectivity index (χ1) is 12.3. The predicted octanol–water partition coefficient (Wildman–Crippen LogP) is 4.77. The SMILES string of the molecule is Cc1cc(C=CC(F)(F)F)ccc1C(=O)Nc1cnc2cccnc2c1. The molecule has 1 amide bonds. The van der Waals surface area contributed by atoms with Gasteiger partial charge in [-0.3, -0.25) is 14.8 Å². The van der Waals surface area contributed by atoms with Crippen molar-refractivity contribution < 1.29 is 18.0 Å². The summed E-state index contributed by atoms with van der Waals surface area (Å²) in [5.41, 5.74) is 3.15. The second kappa shape index (κ2) is 6.95. The average Bonchev–Trinajstić information content (AvgIpc) is 2.59. The van der Waals surface area contributed by atoms with Crippen molar-refractivity contribution in [2.45, 2.75) is 13.1 Å². The average molecular weight is 357 g/mol. The van der Waals surface area contributed by atoms with Gasteiger partial charge in [0, 0.05) is 17.8 Å². The number of hydrogen-bond acceptors (Lipinski definition) is 3. The number of carbonyl (C=O) groups excluding carboxylic acids is 1. The number of carbonyl (C=O) groups is 1.